The Labute approximate surface area is 79.3 Å². The zero-order valence-electron chi connectivity index (χ0n) is 6.47. The van der Waals surface area contributed by atoms with Crippen molar-refractivity contribution in [2.24, 2.45) is 0 Å². The number of aliphatic hydroxyl groups is 1. The van der Waals surface area contributed by atoms with E-state index in [2.05, 4.69) is 11.5 Å². The molecule has 0 spiro atoms. The van der Waals surface area contributed by atoms with E-state index in [4.69, 9.17) is 0 Å². The lowest BCUT2D eigenvalue weighted by Gasteiger charge is -2.24. The molecule has 1 aliphatic carbocycles. The molecule has 0 saturated heterocycles. The monoisotopic (exact) mass is 202 g/mol. The van der Waals surface area contributed by atoms with Crippen molar-refractivity contribution >= 4 is 0 Å². The third-order valence-electron chi connectivity index (χ3n) is 2.17. The molecule has 7 N–H and O–H groups in total. The van der Waals surface area contributed by atoms with E-state index in [1.807, 2.05) is 0 Å². The molecule has 70 valence electrons. The summed E-state index contributed by atoms with van der Waals surface area (Å²) in [5.74, 6) is 0. The predicted molar refractivity (Wildman–Crippen MR) is 33.2 cm³/mol. The van der Waals surface area contributed by atoms with Crippen LogP contribution in [0.25, 0.3) is 0 Å². The lowest BCUT2D eigenvalue weighted by molar-refractivity contribution is -0.544. The number of rotatable bonds is 0. The van der Waals surface area contributed by atoms with Crippen molar-refractivity contribution in [3.8, 4) is 0 Å². The first kappa shape index (κ1) is 14.0. The topological polar surface area (TPSA) is 75.5 Å². The summed E-state index contributed by atoms with van der Waals surface area (Å²) in [5, 5.41) is 9.25. The molecule has 1 aliphatic rings. The van der Waals surface area contributed by atoms with Crippen LogP contribution in [0.15, 0.2) is 0 Å². The van der Waals surface area contributed by atoms with Crippen molar-refractivity contribution in [3.63, 3.8) is 0 Å². The minimum absolute atomic E-state index is 0. The molecule has 1 saturated carbocycles. The van der Waals surface area contributed by atoms with Crippen LogP contribution in [0.2, 0.25) is 0 Å². The number of quaternary nitrogens is 2. The first-order chi connectivity index (χ1) is 4.22. The highest BCUT2D eigenvalue weighted by atomic mass is 35.5. The summed E-state index contributed by atoms with van der Waals surface area (Å²) in [7, 11) is 0. The Bertz CT molecular complexity index is 94.6. The van der Waals surface area contributed by atoms with E-state index in [9.17, 15) is 5.11 Å². The van der Waals surface area contributed by atoms with Crippen LogP contribution in [0.3, 0.4) is 0 Å². The fraction of sp³-hybridized carbons (Fsp3) is 1.00. The molecular weight excluding hydrogens is 187 g/mol. The minimum Gasteiger partial charge on any atom is -1.00 e. The Balaban J connectivity index is 0. The predicted octanol–water partition coefficient (Wildman–Crippen LogP) is -8.24. The number of hydrogen-bond donors (Lipinski definition) is 3. The number of aliphatic hydroxyl groups excluding tert-OH is 1. The summed E-state index contributed by atoms with van der Waals surface area (Å²) in [6.45, 7) is 0. The van der Waals surface area contributed by atoms with Gasteiger partial charge in [-0.25, -0.2) is 0 Å². The molecule has 0 aromatic carbocycles. The van der Waals surface area contributed by atoms with Gasteiger partial charge in [-0.3, -0.25) is 0 Å². The Kier molecular flexibility index (Phi) is 7.68. The molecule has 0 amide bonds. The van der Waals surface area contributed by atoms with Gasteiger partial charge in [-0.05, 0) is 12.8 Å². The normalized spacial score (nSPS) is 36.8. The van der Waals surface area contributed by atoms with Gasteiger partial charge in [0.15, 0.2) is 6.04 Å². The zero-order chi connectivity index (χ0) is 6.85. The molecule has 0 aliphatic heterocycles. The van der Waals surface area contributed by atoms with Gasteiger partial charge in [0.05, 0.1) is 0 Å². The maximum Gasteiger partial charge on any atom is 0.163 e. The molecule has 0 aromatic rings. The maximum absolute atomic E-state index is 9.25. The van der Waals surface area contributed by atoms with Crippen LogP contribution in [-0.2, 0) is 0 Å². The van der Waals surface area contributed by atoms with Gasteiger partial charge in [0.1, 0.15) is 12.1 Å². The Morgan fingerprint density at radius 3 is 2.00 bits per heavy atom. The van der Waals surface area contributed by atoms with Gasteiger partial charge >= 0.3 is 0 Å². The first-order valence-corrected chi connectivity index (χ1v) is 3.56. The second-order valence-corrected chi connectivity index (χ2v) is 2.92. The average Bonchev–Trinajstić information content (AvgIpc) is 1.83. The van der Waals surface area contributed by atoms with E-state index in [-0.39, 0.29) is 37.0 Å². The highest BCUT2D eigenvalue weighted by Crippen LogP contribution is 2.13. The Morgan fingerprint density at radius 1 is 1.09 bits per heavy atom. The van der Waals surface area contributed by atoms with Gasteiger partial charge in [0.2, 0.25) is 0 Å². The molecule has 0 radical (unpaired) electrons. The maximum atomic E-state index is 9.25. The van der Waals surface area contributed by atoms with Crippen LogP contribution in [0.5, 0.6) is 0 Å². The smallest absolute Gasteiger partial charge is 0.163 e. The molecular formula is C6H16Cl2N2O. The molecule has 11 heavy (non-hydrogen) atoms. The van der Waals surface area contributed by atoms with Crippen molar-refractivity contribution in [3.05, 3.63) is 0 Å². The molecule has 0 unspecified atom stereocenters. The minimum atomic E-state index is -0.193. The molecule has 0 heterocycles. The second kappa shape index (κ2) is 6.03. The summed E-state index contributed by atoms with van der Waals surface area (Å²) in [6.07, 6.45) is 2.97. The van der Waals surface area contributed by atoms with E-state index in [1.165, 1.54) is 0 Å². The van der Waals surface area contributed by atoms with Crippen LogP contribution in [0.1, 0.15) is 19.3 Å². The van der Waals surface area contributed by atoms with Gasteiger partial charge in [-0.15, -0.1) is 0 Å². The molecule has 1 rings (SSSR count). The van der Waals surface area contributed by atoms with Crippen molar-refractivity contribution in [2.45, 2.75) is 37.5 Å². The standard InChI is InChI=1S/C6H14N2O.2ClH/c7-4-2-1-3-5(9)6(4)8;;/h4-6,9H,1-3,7-8H2;2*1H/t4-,5+,6+;;/m0../s1. The zero-order valence-corrected chi connectivity index (χ0v) is 7.98. The molecule has 3 atom stereocenters. The number of halogens is 2. The van der Waals surface area contributed by atoms with Gasteiger partial charge < -0.3 is 41.4 Å². The van der Waals surface area contributed by atoms with Crippen LogP contribution in [0, 0.1) is 0 Å². The van der Waals surface area contributed by atoms with Gasteiger partial charge in [0, 0.05) is 6.42 Å². The summed E-state index contributed by atoms with van der Waals surface area (Å²) in [6, 6.07) is 0.535. The van der Waals surface area contributed by atoms with E-state index in [0.29, 0.717) is 6.04 Å². The van der Waals surface area contributed by atoms with Crippen molar-refractivity contribution in [1.29, 1.82) is 0 Å². The Morgan fingerprint density at radius 2 is 1.64 bits per heavy atom. The highest BCUT2D eigenvalue weighted by Gasteiger charge is 2.31. The largest absolute Gasteiger partial charge is 1.00 e. The lowest BCUT2D eigenvalue weighted by atomic mass is 9.89. The quantitative estimate of drug-likeness (QED) is 0.359. The fourth-order valence-electron chi connectivity index (χ4n) is 1.33. The van der Waals surface area contributed by atoms with Crippen molar-refractivity contribution in [2.75, 3.05) is 0 Å². The van der Waals surface area contributed by atoms with Gasteiger partial charge in [-0.1, -0.05) is 0 Å². The van der Waals surface area contributed by atoms with E-state index >= 15 is 0 Å². The third kappa shape index (κ3) is 3.58. The second-order valence-electron chi connectivity index (χ2n) is 2.92. The molecule has 3 nitrogen and oxygen atoms in total. The summed E-state index contributed by atoms with van der Waals surface area (Å²) < 4.78 is 0. The fourth-order valence-corrected chi connectivity index (χ4v) is 1.33. The third-order valence-corrected chi connectivity index (χ3v) is 2.17. The lowest BCUT2D eigenvalue weighted by Crippen LogP contribution is -3.00. The summed E-state index contributed by atoms with van der Waals surface area (Å²) in [4.78, 5) is 0. The van der Waals surface area contributed by atoms with Crippen LogP contribution >= 0.6 is 0 Å². The van der Waals surface area contributed by atoms with Gasteiger partial charge in [0.25, 0.3) is 0 Å². The van der Waals surface area contributed by atoms with Crippen molar-refractivity contribution in [1.82, 2.24) is 0 Å². The van der Waals surface area contributed by atoms with Crippen LogP contribution < -0.4 is 36.3 Å². The average molecular weight is 203 g/mol. The highest BCUT2D eigenvalue weighted by molar-refractivity contribution is 4.78. The van der Waals surface area contributed by atoms with E-state index in [0.717, 1.165) is 19.3 Å². The molecule has 0 aromatic heterocycles. The summed E-state index contributed by atoms with van der Waals surface area (Å²) >= 11 is 0. The van der Waals surface area contributed by atoms with E-state index < -0.39 is 0 Å². The van der Waals surface area contributed by atoms with E-state index in [1.54, 1.807) is 0 Å². The van der Waals surface area contributed by atoms with Gasteiger partial charge in [-0.2, -0.15) is 0 Å². The molecule has 1 fully saturated rings. The van der Waals surface area contributed by atoms with Crippen molar-refractivity contribution < 1.29 is 41.4 Å². The van der Waals surface area contributed by atoms with Crippen LogP contribution in [-0.4, -0.2) is 23.3 Å². The summed E-state index contributed by atoms with van der Waals surface area (Å²) in [5.41, 5.74) is 7.75. The molecule has 5 heteroatoms. The Hall–Kier alpha value is 0.460. The molecule has 0 bridgehead atoms. The first-order valence-electron chi connectivity index (χ1n) is 3.56. The number of hydrogen-bond acceptors (Lipinski definition) is 1. The van der Waals surface area contributed by atoms with Crippen LogP contribution in [0.4, 0.5) is 0 Å². The SMILES string of the molecule is [Cl-].[Cl-].[NH3+][C@H]1[C@H](O)CCC[C@@H]1[NH3+].